The summed E-state index contributed by atoms with van der Waals surface area (Å²) in [5.74, 6) is 0. The minimum atomic E-state index is -0.240. The molecule has 0 radical (unpaired) electrons. The highest BCUT2D eigenvalue weighted by Crippen LogP contribution is 2.02. The van der Waals surface area contributed by atoms with E-state index in [0.717, 1.165) is 30.9 Å². The molecule has 3 heteroatoms. The Hall–Kier alpha value is 0.110. The minimum absolute atomic E-state index is 0.240. The van der Waals surface area contributed by atoms with E-state index in [0.29, 0.717) is 0 Å². The molecule has 0 aliphatic carbocycles. The SMILES string of the molecule is NC(C=O)CCCCCBr. The molecule has 2 nitrogen and oxygen atoms in total. The molecular weight excluding hydrogens is 194 g/mol. The number of carbonyl (C=O) groups excluding carboxylic acids is 1. The number of hydrogen-bond acceptors (Lipinski definition) is 2. The molecule has 1 atom stereocenters. The van der Waals surface area contributed by atoms with Crippen LogP contribution in [0.3, 0.4) is 0 Å². The van der Waals surface area contributed by atoms with Gasteiger partial charge in [0.05, 0.1) is 6.04 Å². The summed E-state index contributed by atoms with van der Waals surface area (Å²) in [7, 11) is 0. The van der Waals surface area contributed by atoms with Gasteiger partial charge in [-0.15, -0.1) is 0 Å². The number of hydrogen-bond donors (Lipinski definition) is 1. The van der Waals surface area contributed by atoms with Crippen LogP contribution in [0, 0.1) is 0 Å². The van der Waals surface area contributed by atoms with Gasteiger partial charge in [-0.3, -0.25) is 0 Å². The Morgan fingerprint density at radius 2 is 2.10 bits per heavy atom. The average molecular weight is 208 g/mol. The van der Waals surface area contributed by atoms with Gasteiger partial charge in [-0.05, 0) is 12.8 Å². The third-order valence-corrected chi connectivity index (χ3v) is 1.91. The van der Waals surface area contributed by atoms with E-state index >= 15 is 0 Å². The van der Waals surface area contributed by atoms with Gasteiger partial charge in [0.1, 0.15) is 6.29 Å². The standard InChI is InChI=1S/C7H14BrNO/c8-5-3-1-2-4-7(9)6-10/h6-7H,1-5,9H2. The first-order valence-corrected chi connectivity index (χ1v) is 4.70. The van der Waals surface area contributed by atoms with Gasteiger partial charge < -0.3 is 10.5 Å². The van der Waals surface area contributed by atoms with E-state index in [1.54, 1.807) is 0 Å². The van der Waals surface area contributed by atoms with Gasteiger partial charge in [-0.1, -0.05) is 28.8 Å². The van der Waals surface area contributed by atoms with Crippen molar-refractivity contribution in [2.45, 2.75) is 31.7 Å². The molecular formula is C7H14BrNO. The van der Waals surface area contributed by atoms with Crippen molar-refractivity contribution in [3.05, 3.63) is 0 Å². The van der Waals surface area contributed by atoms with Crippen LogP contribution in [0.1, 0.15) is 25.7 Å². The van der Waals surface area contributed by atoms with E-state index in [9.17, 15) is 4.79 Å². The van der Waals surface area contributed by atoms with Crippen LogP contribution >= 0.6 is 15.9 Å². The van der Waals surface area contributed by atoms with Gasteiger partial charge in [0, 0.05) is 5.33 Å². The summed E-state index contributed by atoms with van der Waals surface area (Å²) in [6.07, 6.45) is 5.04. The summed E-state index contributed by atoms with van der Waals surface area (Å²) in [6.45, 7) is 0. The summed E-state index contributed by atoms with van der Waals surface area (Å²) in [5, 5.41) is 1.04. The van der Waals surface area contributed by atoms with E-state index in [2.05, 4.69) is 15.9 Å². The number of nitrogens with two attached hydrogens (primary N) is 1. The first-order valence-electron chi connectivity index (χ1n) is 3.58. The Kier molecular flexibility index (Phi) is 7.30. The Balaban J connectivity index is 2.95. The Bertz CT molecular complexity index is 87.7. The fraction of sp³-hybridized carbons (Fsp3) is 0.857. The van der Waals surface area contributed by atoms with Gasteiger partial charge in [0.25, 0.3) is 0 Å². The van der Waals surface area contributed by atoms with Crippen molar-refractivity contribution in [3.8, 4) is 0 Å². The van der Waals surface area contributed by atoms with Crippen molar-refractivity contribution >= 4 is 22.2 Å². The van der Waals surface area contributed by atoms with Crippen LogP contribution in [0.25, 0.3) is 0 Å². The number of halogens is 1. The molecule has 0 spiro atoms. The fourth-order valence-electron chi connectivity index (χ4n) is 0.719. The zero-order chi connectivity index (χ0) is 7.82. The molecule has 0 heterocycles. The van der Waals surface area contributed by atoms with E-state index in [1.807, 2.05) is 0 Å². The predicted molar refractivity (Wildman–Crippen MR) is 46.3 cm³/mol. The second-order valence-electron chi connectivity index (χ2n) is 2.34. The van der Waals surface area contributed by atoms with Crippen LogP contribution in [0.4, 0.5) is 0 Å². The molecule has 0 rings (SSSR count). The zero-order valence-electron chi connectivity index (χ0n) is 6.05. The lowest BCUT2D eigenvalue weighted by atomic mass is 10.1. The predicted octanol–water partition coefficient (Wildman–Crippen LogP) is 1.47. The molecule has 0 saturated carbocycles. The largest absolute Gasteiger partial charge is 0.322 e. The smallest absolute Gasteiger partial charge is 0.136 e. The molecule has 0 aliphatic heterocycles. The molecule has 10 heavy (non-hydrogen) atoms. The summed E-state index contributed by atoms with van der Waals surface area (Å²) < 4.78 is 0. The third-order valence-electron chi connectivity index (χ3n) is 1.35. The van der Waals surface area contributed by atoms with Crippen LogP contribution < -0.4 is 5.73 Å². The van der Waals surface area contributed by atoms with Crippen LogP contribution in [-0.2, 0) is 4.79 Å². The molecule has 0 bridgehead atoms. The van der Waals surface area contributed by atoms with Gasteiger partial charge in [0.15, 0.2) is 0 Å². The molecule has 0 amide bonds. The third kappa shape index (κ3) is 6.23. The molecule has 2 N–H and O–H groups in total. The number of aldehydes is 1. The van der Waals surface area contributed by atoms with E-state index in [1.165, 1.54) is 6.42 Å². The second-order valence-corrected chi connectivity index (χ2v) is 3.13. The number of unbranched alkanes of at least 4 members (excludes halogenated alkanes) is 2. The Morgan fingerprint density at radius 1 is 1.40 bits per heavy atom. The summed E-state index contributed by atoms with van der Waals surface area (Å²) in [4.78, 5) is 10.0. The molecule has 60 valence electrons. The maximum absolute atomic E-state index is 10.0. The molecule has 0 saturated heterocycles. The number of carbonyl (C=O) groups is 1. The highest BCUT2D eigenvalue weighted by Gasteiger charge is 1.97. The van der Waals surface area contributed by atoms with Gasteiger partial charge in [0.2, 0.25) is 0 Å². The van der Waals surface area contributed by atoms with Crippen LogP contribution in [-0.4, -0.2) is 17.7 Å². The lowest BCUT2D eigenvalue weighted by molar-refractivity contribution is -0.109. The van der Waals surface area contributed by atoms with Crippen molar-refractivity contribution in [2.24, 2.45) is 5.73 Å². The summed E-state index contributed by atoms with van der Waals surface area (Å²) in [5.41, 5.74) is 5.38. The monoisotopic (exact) mass is 207 g/mol. The maximum Gasteiger partial charge on any atom is 0.136 e. The van der Waals surface area contributed by atoms with E-state index < -0.39 is 0 Å². The second kappa shape index (κ2) is 7.22. The first-order chi connectivity index (χ1) is 4.81. The Labute approximate surface area is 70.3 Å². The quantitative estimate of drug-likeness (QED) is 0.408. The molecule has 0 aromatic carbocycles. The minimum Gasteiger partial charge on any atom is -0.322 e. The van der Waals surface area contributed by atoms with Crippen molar-refractivity contribution < 1.29 is 4.79 Å². The lowest BCUT2D eigenvalue weighted by Gasteiger charge is -2.01. The summed E-state index contributed by atoms with van der Waals surface area (Å²) >= 11 is 3.33. The van der Waals surface area contributed by atoms with Gasteiger partial charge in [-0.25, -0.2) is 0 Å². The van der Waals surface area contributed by atoms with Crippen molar-refractivity contribution in [3.63, 3.8) is 0 Å². The molecule has 0 fully saturated rings. The highest BCUT2D eigenvalue weighted by molar-refractivity contribution is 9.09. The average Bonchev–Trinajstić information content (AvgIpc) is 1.98. The molecule has 0 aromatic rings. The van der Waals surface area contributed by atoms with Crippen LogP contribution in [0.2, 0.25) is 0 Å². The lowest BCUT2D eigenvalue weighted by Crippen LogP contribution is -2.20. The van der Waals surface area contributed by atoms with Crippen molar-refractivity contribution in [2.75, 3.05) is 5.33 Å². The highest BCUT2D eigenvalue weighted by atomic mass is 79.9. The number of alkyl halides is 1. The fourth-order valence-corrected chi connectivity index (χ4v) is 1.12. The van der Waals surface area contributed by atoms with Gasteiger partial charge in [-0.2, -0.15) is 0 Å². The van der Waals surface area contributed by atoms with Crippen molar-refractivity contribution in [1.82, 2.24) is 0 Å². The number of rotatable bonds is 6. The van der Waals surface area contributed by atoms with E-state index in [-0.39, 0.29) is 6.04 Å². The summed E-state index contributed by atoms with van der Waals surface area (Å²) in [6, 6.07) is -0.240. The zero-order valence-corrected chi connectivity index (χ0v) is 7.64. The molecule has 0 aliphatic rings. The first kappa shape index (κ1) is 10.1. The topological polar surface area (TPSA) is 43.1 Å². The normalized spacial score (nSPS) is 13.0. The van der Waals surface area contributed by atoms with Crippen LogP contribution in [0.15, 0.2) is 0 Å². The molecule has 1 unspecified atom stereocenters. The molecule has 0 aromatic heterocycles. The Morgan fingerprint density at radius 3 is 2.60 bits per heavy atom. The maximum atomic E-state index is 10.0. The van der Waals surface area contributed by atoms with Gasteiger partial charge >= 0.3 is 0 Å². The van der Waals surface area contributed by atoms with E-state index in [4.69, 9.17) is 5.73 Å². The van der Waals surface area contributed by atoms with Crippen LogP contribution in [0.5, 0.6) is 0 Å². The van der Waals surface area contributed by atoms with Crippen molar-refractivity contribution in [1.29, 1.82) is 0 Å².